The van der Waals surface area contributed by atoms with E-state index in [0.29, 0.717) is 12.8 Å². The number of aliphatic hydroxyl groups excluding tert-OH is 4. The number of rotatable bonds is 2. The monoisotopic (exact) mass is 176 g/mol. The van der Waals surface area contributed by atoms with Crippen molar-refractivity contribution in [2.75, 3.05) is 13.2 Å². The molecule has 0 bridgehead atoms. The van der Waals surface area contributed by atoms with E-state index in [9.17, 15) is 10.2 Å². The van der Waals surface area contributed by atoms with Gasteiger partial charge in [0, 0.05) is 25.0 Å². The second-order valence-electron chi connectivity index (χ2n) is 3.40. The molecular formula is C8H16O4. The molecule has 1 rings (SSSR count). The van der Waals surface area contributed by atoms with Crippen LogP contribution in [0.5, 0.6) is 0 Å². The topological polar surface area (TPSA) is 80.9 Å². The molecule has 0 amide bonds. The van der Waals surface area contributed by atoms with E-state index in [0.717, 1.165) is 0 Å². The highest BCUT2D eigenvalue weighted by molar-refractivity contribution is 4.86. The largest absolute Gasteiger partial charge is 0.396 e. The Bertz CT molecular complexity index is 123. The lowest BCUT2D eigenvalue weighted by Gasteiger charge is -2.36. The number of hydrogen-bond acceptors (Lipinski definition) is 4. The third-order valence-electron chi connectivity index (χ3n) is 2.72. The maximum absolute atomic E-state index is 9.41. The van der Waals surface area contributed by atoms with E-state index in [1.807, 2.05) is 0 Å². The molecule has 0 spiro atoms. The Balaban J connectivity index is 2.61. The summed E-state index contributed by atoms with van der Waals surface area (Å²) in [4.78, 5) is 0. The maximum atomic E-state index is 9.41. The molecular weight excluding hydrogens is 160 g/mol. The first-order chi connectivity index (χ1) is 5.70. The van der Waals surface area contributed by atoms with Gasteiger partial charge in [0.2, 0.25) is 0 Å². The smallest absolute Gasteiger partial charge is 0.0595 e. The van der Waals surface area contributed by atoms with Crippen molar-refractivity contribution in [1.29, 1.82) is 0 Å². The highest BCUT2D eigenvalue weighted by atomic mass is 16.3. The van der Waals surface area contributed by atoms with Crippen LogP contribution < -0.4 is 0 Å². The molecule has 4 heteroatoms. The fraction of sp³-hybridized carbons (Fsp3) is 1.00. The van der Waals surface area contributed by atoms with Crippen LogP contribution in [0.15, 0.2) is 0 Å². The molecule has 4 nitrogen and oxygen atoms in total. The second kappa shape index (κ2) is 4.18. The SMILES string of the molecule is OCC1C(O)CCC(O)C1CO. The predicted molar refractivity (Wildman–Crippen MR) is 42.4 cm³/mol. The Morgan fingerprint density at radius 1 is 0.833 bits per heavy atom. The molecule has 0 aromatic carbocycles. The van der Waals surface area contributed by atoms with Gasteiger partial charge in [-0.3, -0.25) is 0 Å². The summed E-state index contributed by atoms with van der Waals surface area (Å²) < 4.78 is 0. The second-order valence-corrected chi connectivity index (χ2v) is 3.40. The Kier molecular flexibility index (Phi) is 3.46. The van der Waals surface area contributed by atoms with Crippen LogP contribution in [0.25, 0.3) is 0 Å². The van der Waals surface area contributed by atoms with Gasteiger partial charge < -0.3 is 20.4 Å². The molecule has 4 unspecified atom stereocenters. The lowest BCUT2D eigenvalue weighted by molar-refractivity contribution is -0.0786. The van der Waals surface area contributed by atoms with Crippen molar-refractivity contribution < 1.29 is 20.4 Å². The van der Waals surface area contributed by atoms with Gasteiger partial charge in [-0.05, 0) is 12.8 Å². The summed E-state index contributed by atoms with van der Waals surface area (Å²) in [6.07, 6.45) is -0.169. The third-order valence-corrected chi connectivity index (χ3v) is 2.72. The summed E-state index contributed by atoms with van der Waals surface area (Å²) >= 11 is 0. The van der Waals surface area contributed by atoms with Crippen molar-refractivity contribution in [3.63, 3.8) is 0 Å². The normalized spacial score (nSPS) is 43.0. The molecule has 4 atom stereocenters. The molecule has 12 heavy (non-hydrogen) atoms. The van der Waals surface area contributed by atoms with Crippen molar-refractivity contribution in [2.45, 2.75) is 25.0 Å². The van der Waals surface area contributed by atoms with Crippen LogP contribution in [0.4, 0.5) is 0 Å². The van der Waals surface area contributed by atoms with Gasteiger partial charge >= 0.3 is 0 Å². The van der Waals surface area contributed by atoms with Gasteiger partial charge in [0.15, 0.2) is 0 Å². The van der Waals surface area contributed by atoms with E-state index in [1.165, 1.54) is 0 Å². The minimum absolute atomic E-state index is 0.177. The first-order valence-corrected chi connectivity index (χ1v) is 4.28. The van der Waals surface area contributed by atoms with Crippen molar-refractivity contribution in [3.05, 3.63) is 0 Å². The van der Waals surface area contributed by atoms with E-state index in [4.69, 9.17) is 10.2 Å². The van der Waals surface area contributed by atoms with Crippen LogP contribution in [0.1, 0.15) is 12.8 Å². The lowest BCUT2D eigenvalue weighted by atomic mass is 9.76. The van der Waals surface area contributed by atoms with Crippen LogP contribution in [0, 0.1) is 11.8 Å². The van der Waals surface area contributed by atoms with Crippen molar-refractivity contribution in [3.8, 4) is 0 Å². The summed E-state index contributed by atoms with van der Waals surface area (Å²) in [7, 11) is 0. The Labute approximate surface area is 71.5 Å². The van der Waals surface area contributed by atoms with Crippen molar-refractivity contribution >= 4 is 0 Å². The van der Waals surface area contributed by atoms with Crippen molar-refractivity contribution in [2.24, 2.45) is 11.8 Å². The van der Waals surface area contributed by atoms with E-state index in [1.54, 1.807) is 0 Å². The van der Waals surface area contributed by atoms with E-state index < -0.39 is 12.2 Å². The van der Waals surface area contributed by atoms with Crippen molar-refractivity contribution in [1.82, 2.24) is 0 Å². The van der Waals surface area contributed by atoms with Gasteiger partial charge in [-0.1, -0.05) is 0 Å². The standard InChI is InChI=1S/C8H16O4/c9-3-5-6(4-10)8(12)2-1-7(5)11/h5-12H,1-4H2. The summed E-state index contributed by atoms with van der Waals surface area (Å²) in [6.45, 7) is -0.354. The minimum atomic E-state index is -0.587. The highest BCUT2D eigenvalue weighted by Crippen LogP contribution is 2.29. The molecule has 0 radical (unpaired) electrons. The fourth-order valence-electron chi connectivity index (χ4n) is 1.85. The third kappa shape index (κ3) is 1.77. The molecule has 1 aliphatic rings. The summed E-state index contributed by atoms with van der Waals surface area (Å²) in [5.41, 5.74) is 0. The van der Waals surface area contributed by atoms with Gasteiger partial charge in [-0.25, -0.2) is 0 Å². The average molecular weight is 176 g/mol. The molecule has 0 aromatic rings. The van der Waals surface area contributed by atoms with E-state index in [2.05, 4.69) is 0 Å². The van der Waals surface area contributed by atoms with E-state index in [-0.39, 0.29) is 25.0 Å². The van der Waals surface area contributed by atoms with Crippen LogP contribution in [-0.2, 0) is 0 Å². The molecule has 0 aliphatic heterocycles. The Morgan fingerprint density at radius 2 is 1.17 bits per heavy atom. The molecule has 0 heterocycles. The molecule has 0 saturated heterocycles. The minimum Gasteiger partial charge on any atom is -0.396 e. The van der Waals surface area contributed by atoms with Gasteiger partial charge in [0.05, 0.1) is 12.2 Å². The van der Waals surface area contributed by atoms with Gasteiger partial charge in [-0.2, -0.15) is 0 Å². The molecule has 0 aromatic heterocycles. The molecule has 72 valence electrons. The fourth-order valence-corrected chi connectivity index (χ4v) is 1.85. The maximum Gasteiger partial charge on any atom is 0.0595 e. The number of hydrogen-bond donors (Lipinski definition) is 4. The van der Waals surface area contributed by atoms with Crippen LogP contribution >= 0.6 is 0 Å². The summed E-state index contributed by atoms with van der Waals surface area (Å²) in [6, 6.07) is 0. The summed E-state index contributed by atoms with van der Waals surface area (Å²) in [5.74, 6) is -0.752. The quantitative estimate of drug-likeness (QED) is 0.422. The molecule has 1 fully saturated rings. The van der Waals surface area contributed by atoms with Crippen LogP contribution in [-0.4, -0.2) is 45.8 Å². The van der Waals surface area contributed by atoms with Gasteiger partial charge in [-0.15, -0.1) is 0 Å². The first kappa shape index (κ1) is 9.92. The lowest BCUT2D eigenvalue weighted by Crippen LogP contribution is -2.44. The van der Waals surface area contributed by atoms with Crippen LogP contribution in [0.2, 0.25) is 0 Å². The average Bonchev–Trinajstić information content (AvgIpc) is 2.08. The predicted octanol–water partition coefficient (Wildman–Crippen LogP) is -1.28. The summed E-state index contributed by atoms with van der Waals surface area (Å²) in [5, 5.41) is 36.6. The first-order valence-electron chi connectivity index (χ1n) is 4.28. The zero-order valence-corrected chi connectivity index (χ0v) is 6.93. The van der Waals surface area contributed by atoms with Gasteiger partial charge in [0.25, 0.3) is 0 Å². The van der Waals surface area contributed by atoms with E-state index >= 15 is 0 Å². The number of aliphatic hydroxyl groups is 4. The molecule has 1 aliphatic carbocycles. The zero-order valence-electron chi connectivity index (χ0n) is 6.93. The van der Waals surface area contributed by atoms with Gasteiger partial charge in [0.1, 0.15) is 0 Å². The Hall–Kier alpha value is -0.160. The molecule has 4 N–H and O–H groups in total. The van der Waals surface area contributed by atoms with Crippen LogP contribution in [0.3, 0.4) is 0 Å². The molecule has 1 saturated carbocycles. The highest BCUT2D eigenvalue weighted by Gasteiger charge is 2.36. The Morgan fingerprint density at radius 3 is 1.42 bits per heavy atom. The zero-order chi connectivity index (χ0) is 9.14.